The van der Waals surface area contributed by atoms with Crippen molar-refractivity contribution in [2.75, 3.05) is 59.0 Å². The topological polar surface area (TPSA) is 151 Å². The van der Waals surface area contributed by atoms with E-state index < -0.39 is 57.9 Å². The van der Waals surface area contributed by atoms with Crippen molar-refractivity contribution in [2.24, 2.45) is 17.3 Å². The molecule has 5 aliphatic heterocycles. The van der Waals surface area contributed by atoms with Crippen LogP contribution in [0.3, 0.4) is 0 Å². The summed E-state index contributed by atoms with van der Waals surface area (Å²) in [6.07, 6.45) is 7.25. The minimum atomic E-state index is -2.50. The molecule has 2 bridgehead atoms. The van der Waals surface area contributed by atoms with E-state index in [1.165, 1.54) is 26.0 Å². The molecule has 1 spiro atoms. The Morgan fingerprint density at radius 1 is 1.00 bits per heavy atom. The lowest BCUT2D eigenvalue weighted by Crippen LogP contribution is -2.81. The number of methoxy groups -OCH3 is 3. The maximum absolute atomic E-state index is 15.3. The van der Waals surface area contributed by atoms with Gasteiger partial charge >= 0.3 is 17.9 Å². The summed E-state index contributed by atoms with van der Waals surface area (Å²) in [7, 11) is 4.19. The quantitative estimate of drug-likeness (QED) is 0.144. The van der Waals surface area contributed by atoms with Crippen LogP contribution >= 0.6 is 0 Å². The van der Waals surface area contributed by atoms with Crippen molar-refractivity contribution >= 4 is 40.9 Å². The molecule has 2 N–H and O–H groups in total. The Morgan fingerprint density at radius 2 is 1.78 bits per heavy atom. The molecule has 10 atom stereocenters. The van der Waals surface area contributed by atoms with Gasteiger partial charge < -0.3 is 38.8 Å². The number of carbonyl (C=O) groups is 4. The molecule has 1 aromatic heterocycles. The van der Waals surface area contributed by atoms with E-state index >= 15 is 4.79 Å². The minimum absolute atomic E-state index is 0.127. The van der Waals surface area contributed by atoms with Crippen molar-refractivity contribution < 1.29 is 43.2 Å². The van der Waals surface area contributed by atoms with Gasteiger partial charge in [0.15, 0.2) is 6.10 Å². The second-order valence-electron chi connectivity index (χ2n) is 17.9. The zero-order valence-corrected chi connectivity index (χ0v) is 34.9. The molecule has 1 saturated carbocycles. The number of hydrogen-bond donors (Lipinski definition) is 2. The van der Waals surface area contributed by atoms with E-state index in [1.807, 2.05) is 43.3 Å². The summed E-state index contributed by atoms with van der Waals surface area (Å²) < 4.78 is 23.8. The molecule has 3 fully saturated rings. The molecule has 5 unspecified atom stereocenters. The van der Waals surface area contributed by atoms with E-state index in [4.69, 9.17) is 18.9 Å². The van der Waals surface area contributed by atoms with Gasteiger partial charge in [0.25, 0.3) is 0 Å². The third-order valence-electron chi connectivity index (χ3n) is 15.4. The molecule has 2 saturated heterocycles. The van der Waals surface area contributed by atoms with E-state index in [0.717, 1.165) is 54.6 Å². The third kappa shape index (κ3) is 5.19. The SMILES string of the molecule is CC[C@H]1CC2CN(CCc3c([nH]c4ccccc34)[C@@](C(=O)OC)(c3cc4c(cc3OC)N(C=O)C3C45CCN4CC=C[C@](CC)(C45)[C@@H](OC(C)=O)[C@]3(O)C(=O)OC)C2)C1. The number of esters is 3. The molecule has 1 amide bonds. The summed E-state index contributed by atoms with van der Waals surface area (Å²) in [5.74, 6) is -1.12. The number of aromatic nitrogens is 1. The van der Waals surface area contributed by atoms with E-state index in [9.17, 15) is 19.5 Å². The van der Waals surface area contributed by atoms with Gasteiger partial charge in [-0.2, -0.15) is 0 Å². The smallest absolute Gasteiger partial charge is 0.344 e. The minimum Gasteiger partial charge on any atom is -0.496 e. The van der Waals surface area contributed by atoms with Gasteiger partial charge in [-0.1, -0.05) is 50.6 Å². The van der Waals surface area contributed by atoms with Crippen molar-refractivity contribution in [3.05, 3.63) is 70.9 Å². The summed E-state index contributed by atoms with van der Waals surface area (Å²) in [6, 6.07) is 10.3. The first-order valence-electron chi connectivity index (χ1n) is 21.2. The number of ether oxygens (including phenoxy) is 4. The second-order valence-corrected chi connectivity index (χ2v) is 17.9. The highest BCUT2D eigenvalue weighted by atomic mass is 16.6. The molecule has 3 aromatic rings. The fraction of sp³-hybridized carbons (Fsp3) is 0.565. The van der Waals surface area contributed by atoms with Crippen molar-refractivity contribution in [3.8, 4) is 5.75 Å². The monoisotopic (exact) mass is 808 g/mol. The lowest BCUT2D eigenvalue weighted by molar-refractivity contribution is -0.228. The largest absolute Gasteiger partial charge is 0.496 e. The highest BCUT2D eigenvalue weighted by Crippen LogP contribution is 2.68. The van der Waals surface area contributed by atoms with Gasteiger partial charge in [-0.25, -0.2) is 4.79 Å². The van der Waals surface area contributed by atoms with Gasteiger partial charge in [-0.15, -0.1) is 0 Å². The number of benzene rings is 2. The summed E-state index contributed by atoms with van der Waals surface area (Å²) >= 11 is 0. The van der Waals surface area contributed by atoms with Gasteiger partial charge in [0, 0.05) is 78.2 Å². The van der Waals surface area contributed by atoms with Gasteiger partial charge in [-0.3, -0.25) is 19.3 Å². The Labute approximate surface area is 345 Å². The zero-order valence-electron chi connectivity index (χ0n) is 34.9. The number of hydrogen-bond acceptors (Lipinski definition) is 11. The predicted molar refractivity (Wildman–Crippen MR) is 219 cm³/mol. The molecule has 1 aliphatic carbocycles. The molecule has 6 aliphatic rings. The van der Waals surface area contributed by atoms with Gasteiger partial charge in [0.1, 0.15) is 11.2 Å². The fourth-order valence-corrected chi connectivity index (χ4v) is 13.3. The number of nitrogens with one attached hydrogen (secondary N) is 1. The van der Waals surface area contributed by atoms with E-state index in [2.05, 4.69) is 27.8 Å². The average molecular weight is 809 g/mol. The molecule has 13 heteroatoms. The van der Waals surface area contributed by atoms with Crippen LogP contribution in [0.4, 0.5) is 5.69 Å². The first kappa shape index (κ1) is 39.7. The normalized spacial score (nSPS) is 35.6. The maximum atomic E-state index is 15.3. The first-order chi connectivity index (χ1) is 28.4. The molecule has 9 rings (SSSR count). The van der Waals surface area contributed by atoms with Crippen LogP contribution in [0.15, 0.2) is 48.6 Å². The van der Waals surface area contributed by atoms with E-state index in [1.54, 1.807) is 13.2 Å². The van der Waals surface area contributed by atoms with Crippen molar-refractivity contribution in [3.63, 3.8) is 0 Å². The summed E-state index contributed by atoms with van der Waals surface area (Å²) in [6.45, 7) is 9.32. The number of aromatic amines is 1. The van der Waals surface area contributed by atoms with Crippen LogP contribution < -0.4 is 9.64 Å². The standard InChI is InChI=1S/C46H56N4O9/c1-7-28-20-29-23-45(41(53)57-5,37-31(14-18-48(24-28)25-29)30-12-9-10-13-34(30)47-37)33-21-32-35(22-36(33)56-4)50(26-51)39-44(32)16-19-49-17-11-15-43(8-2,38(44)49)40(59-27(3)52)46(39,55)42(54)58-6/h9-13,15,21-22,26,28-29,38-40,47,55H,7-8,14,16-20,23-25H2,1-6H3/t28-,29?,38?,39?,40+,43+,44?,45-,46-/m0/s1. The molecule has 59 heavy (non-hydrogen) atoms. The molecular formula is C46H56N4O9. The highest BCUT2D eigenvalue weighted by Gasteiger charge is 2.81. The van der Waals surface area contributed by atoms with Gasteiger partial charge in [0.05, 0.1) is 33.1 Å². The van der Waals surface area contributed by atoms with Crippen molar-refractivity contribution in [1.82, 2.24) is 14.8 Å². The van der Waals surface area contributed by atoms with Crippen LogP contribution in [0.1, 0.15) is 75.3 Å². The Bertz CT molecular complexity index is 2260. The number of amides is 1. The predicted octanol–water partition coefficient (Wildman–Crippen LogP) is 4.40. The molecule has 2 aromatic carbocycles. The average Bonchev–Trinajstić information content (AvgIpc) is 3.92. The Morgan fingerprint density at radius 3 is 2.47 bits per heavy atom. The molecule has 314 valence electrons. The fourth-order valence-electron chi connectivity index (χ4n) is 13.3. The molecule has 13 nitrogen and oxygen atoms in total. The number of nitrogens with zero attached hydrogens (tertiary/aromatic N) is 3. The van der Waals surface area contributed by atoms with Gasteiger partial charge in [-0.05, 0) is 73.7 Å². The van der Waals surface area contributed by atoms with Crippen LogP contribution in [0.5, 0.6) is 5.75 Å². The van der Waals surface area contributed by atoms with Crippen LogP contribution in [0.2, 0.25) is 0 Å². The van der Waals surface area contributed by atoms with E-state index in [0.29, 0.717) is 73.7 Å². The Hall–Kier alpha value is -4.72. The number of H-pyrrole nitrogens is 1. The summed E-state index contributed by atoms with van der Waals surface area (Å²) in [5.41, 5.74) is -1.54. The summed E-state index contributed by atoms with van der Waals surface area (Å²) in [5, 5.41) is 14.3. The number of piperidine rings is 1. The number of para-hydroxylation sites is 1. The lowest BCUT2D eigenvalue weighted by atomic mass is 9.47. The number of anilines is 1. The third-order valence-corrected chi connectivity index (χ3v) is 15.4. The van der Waals surface area contributed by atoms with E-state index in [-0.39, 0.29) is 5.92 Å². The highest BCUT2D eigenvalue weighted by molar-refractivity contribution is 5.96. The van der Waals surface area contributed by atoms with Crippen LogP contribution in [0.25, 0.3) is 10.9 Å². The lowest BCUT2D eigenvalue weighted by Gasteiger charge is -2.63. The molecule has 6 heterocycles. The first-order valence-corrected chi connectivity index (χ1v) is 21.2. The number of fused-ring (bicyclic) bond motifs is 6. The Kier molecular flexibility index (Phi) is 9.56. The van der Waals surface area contributed by atoms with Gasteiger partial charge in [0.2, 0.25) is 12.0 Å². The van der Waals surface area contributed by atoms with Crippen LogP contribution in [-0.2, 0) is 50.6 Å². The van der Waals surface area contributed by atoms with Crippen molar-refractivity contribution in [1.29, 1.82) is 0 Å². The second kappa shape index (κ2) is 14.2. The molecule has 0 radical (unpaired) electrons. The van der Waals surface area contributed by atoms with Crippen molar-refractivity contribution in [2.45, 2.75) is 93.9 Å². The Balaban J connectivity index is 1.38. The number of rotatable bonds is 8. The van der Waals surface area contributed by atoms with Crippen LogP contribution in [-0.4, -0.2) is 122 Å². The number of carbonyl (C=O) groups excluding carboxylic acids is 4. The molecular weight excluding hydrogens is 753 g/mol. The summed E-state index contributed by atoms with van der Waals surface area (Å²) in [4.78, 5) is 66.5. The number of aliphatic hydroxyl groups is 1. The maximum Gasteiger partial charge on any atom is 0.344 e. The zero-order chi connectivity index (χ0) is 41.6. The van der Waals surface area contributed by atoms with Crippen LogP contribution in [0, 0.1) is 17.3 Å².